The number of carbonyl (C=O) groups is 3. The molecule has 0 aliphatic heterocycles. The lowest BCUT2D eigenvalue weighted by Gasteiger charge is -2.08. The highest BCUT2D eigenvalue weighted by atomic mass is 35.5. The minimum atomic E-state index is -0.957. The number of halogens is 2. The van der Waals surface area contributed by atoms with E-state index in [4.69, 9.17) is 27.9 Å². The first-order chi connectivity index (χ1) is 15.3. The van der Waals surface area contributed by atoms with Crippen molar-refractivity contribution in [3.63, 3.8) is 0 Å². The van der Waals surface area contributed by atoms with Gasteiger partial charge in [-0.25, -0.2) is 10.2 Å². The Labute approximate surface area is 194 Å². The Hall–Kier alpha value is -3.68. The second kappa shape index (κ2) is 10.6. The van der Waals surface area contributed by atoms with Gasteiger partial charge in [0.2, 0.25) is 0 Å². The Bertz CT molecular complexity index is 1210. The highest BCUT2D eigenvalue weighted by Crippen LogP contribution is 2.23. The molecule has 7 nitrogen and oxygen atoms in total. The summed E-state index contributed by atoms with van der Waals surface area (Å²) in [5, 5.41) is 6.99. The molecular weight excluding hydrogens is 453 g/mol. The number of hydrogen-bond donors (Lipinski definition) is 2. The van der Waals surface area contributed by atoms with Gasteiger partial charge in [0.15, 0.2) is 0 Å². The Morgan fingerprint density at radius 2 is 1.62 bits per heavy atom. The average molecular weight is 470 g/mol. The van der Waals surface area contributed by atoms with E-state index in [0.717, 1.165) is 0 Å². The van der Waals surface area contributed by atoms with E-state index in [9.17, 15) is 14.4 Å². The van der Waals surface area contributed by atoms with E-state index in [1.165, 1.54) is 6.21 Å². The van der Waals surface area contributed by atoms with E-state index >= 15 is 0 Å². The molecule has 0 fully saturated rings. The molecule has 0 aliphatic carbocycles. The minimum Gasteiger partial charge on any atom is -0.423 e. The van der Waals surface area contributed by atoms with Gasteiger partial charge in [-0.3, -0.25) is 9.59 Å². The third kappa shape index (κ3) is 5.94. The molecule has 0 radical (unpaired) electrons. The van der Waals surface area contributed by atoms with E-state index in [0.29, 0.717) is 21.8 Å². The lowest BCUT2D eigenvalue weighted by Crippen LogP contribution is -2.32. The Morgan fingerprint density at radius 1 is 0.906 bits per heavy atom. The maximum atomic E-state index is 12.3. The van der Waals surface area contributed by atoms with Gasteiger partial charge < -0.3 is 10.1 Å². The molecule has 0 bridgehead atoms. The second-order valence-electron chi connectivity index (χ2n) is 6.51. The van der Waals surface area contributed by atoms with Crippen LogP contribution in [0.5, 0.6) is 5.75 Å². The molecule has 0 spiro atoms. The van der Waals surface area contributed by atoms with Gasteiger partial charge in [0.25, 0.3) is 0 Å². The van der Waals surface area contributed by atoms with Gasteiger partial charge in [0.05, 0.1) is 16.8 Å². The van der Waals surface area contributed by atoms with Gasteiger partial charge in [-0.15, -0.1) is 0 Å². The topological polar surface area (TPSA) is 96.9 Å². The quantitative estimate of drug-likeness (QED) is 0.187. The predicted octanol–water partition coefficient (Wildman–Crippen LogP) is 4.61. The monoisotopic (exact) mass is 469 g/mol. The highest BCUT2D eigenvalue weighted by Gasteiger charge is 2.15. The summed E-state index contributed by atoms with van der Waals surface area (Å²) in [6.45, 7) is 1.72. The number of benzene rings is 3. The number of carbonyl (C=O) groups excluding carboxylic acids is 3. The molecule has 0 unspecified atom stereocenters. The summed E-state index contributed by atoms with van der Waals surface area (Å²) in [5.74, 6) is -2.19. The van der Waals surface area contributed by atoms with Crippen molar-refractivity contribution in [3.8, 4) is 5.75 Å². The van der Waals surface area contributed by atoms with Crippen LogP contribution in [0.1, 0.15) is 21.5 Å². The third-order valence-electron chi connectivity index (χ3n) is 4.26. The summed E-state index contributed by atoms with van der Waals surface area (Å²) >= 11 is 12.0. The maximum Gasteiger partial charge on any atom is 0.345 e. The molecule has 2 amide bonds. The molecule has 9 heteroatoms. The predicted molar refractivity (Wildman–Crippen MR) is 123 cm³/mol. The summed E-state index contributed by atoms with van der Waals surface area (Å²) in [6, 6.07) is 18.0. The molecule has 0 saturated carbocycles. The Morgan fingerprint density at radius 3 is 2.41 bits per heavy atom. The lowest BCUT2D eigenvalue weighted by molar-refractivity contribution is -0.136. The summed E-state index contributed by atoms with van der Waals surface area (Å²) in [7, 11) is 0. The molecule has 162 valence electrons. The van der Waals surface area contributed by atoms with Gasteiger partial charge >= 0.3 is 17.8 Å². The van der Waals surface area contributed by atoms with Crippen LogP contribution in [0.4, 0.5) is 5.69 Å². The van der Waals surface area contributed by atoms with E-state index in [1.54, 1.807) is 73.7 Å². The Kier molecular flexibility index (Phi) is 7.59. The van der Waals surface area contributed by atoms with Gasteiger partial charge in [-0.05, 0) is 54.4 Å². The van der Waals surface area contributed by atoms with E-state index in [1.807, 2.05) is 0 Å². The van der Waals surface area contributed by atoms with E-state index < -0.39 is 17.8 Å². The molecule has 0 heterocycles. The largest absolute Gasteiger partial charge is 0.423 e. The van der Waals surface area contributed by atoms with Crippen LogP contribution >= 0.6 is 23.2 Å². The van der Waals surface area contributed by atoms with Gasteiger partial charge in [0.1, 0.15) is 5.75 Å². The maximum absolute atomic E-state index is 12.3. The number of nitrogens with one attached hydrogen (secondary N) is 2. The van der Waals surface area contributed by atoms with Crippen LogP contribution in [0.3, 0.4) is 0 Å². The molecule has 0 atom stereocenters. The molecule has 0 aliphatic rings. The number of anilines is 1. The molecule has 3 rings (SSSR count). The van der Waals surface area contributed by atoms with Crippen LogP contribution in [-0.2, 0) is 9.59 Å². The average Bonchev–Trinajstić information content (AvgIpc) is 2.77. The summed E-state index contributed by atoms with van der Waals surface area (Å²) in [5.41, 5.74) is 3.97. The molecule has 0 saturated heterocycles. The van der Waals surface area contributed by atoms with Crippen LogP contribution in [-0.4, -0.2) is 24.0 Å². The highest BCUT2D eigenvalue weighted by molar-refractivity contribution is 6.40. The lowest BCUT2D eigenvalue weighted by atomic mass is 10.2. The first-order valence-corrected chi connectivity index (χ1v) is 10.1. The number of amides is 2. The zero-order chi connectivity index (χ0) is 23.1. The van der Waals surface area contributed by atoms with Crippen molar-refractivity contribution in [3.05, 3.63) is 93.5 Å². The fraction of sp³-hybridized carbons (Fsp3) is 0.0435. The van der Waals surface area contributed by atoms with Crippen molar-refractivity contribution in [2.45, 2.75) is 6.92 Å². The zero-order valence-electron chi connectivity index (χ0n) is 16.8. The summed E-state index contributed by atoms with van der Waals surface area (Å²) in [6.07, 6.45) is 1.31. The van der Waals surface area contributed by atoms with Gasteiger partial charge in [-0.2, -0.15) is 5.10 Å². The van der Waals surface area contributed by atoms with Crippen LogP contribution in [0.15, 0.2) is 71.8 Å². The standard InChI is InChI=1S/C23H17Cl2N3O4/c1-14-18(24)10-5-11-20(14)27-21(29)22(30)28-26-13-15-6-4-7-16(12-15)32-23(31)17-8-2-3-9-19(17)25/h2-13H,1H3,(H,27,29)(H,28,30)/b26-13+. The number of ether oxygens (including phenoxy) is 1. The SMILES string of the molecule is Cc1c(Cl)cccc1NC(=O)C(=O)N/N=C/c1cccc(OC(=O)c2ccccc2Cl)c1. The van der Waals surface area contributed by atoms with Crippen molar-refractivity contribution in [2.24, 2.45) is 5.10 Å². The molecule has 3 aromatic rings. The third-order valence-corrected chi connectivity index (χ3v) is 5.00. The van der Waals surface area contributed by atoms with Gasteiger partial charge in [-0.1, -0.05) is 53.5 Å². The first-order valence-electron chi connectivity index (χ1n) is 9.31. The number of rotatable bonds is 5. The number of hydrogen-bond acceptors (Lipinski definition) is 5. The number of nitrogens with zero attached hydrogens (tertiary/aromatic N) is 1. The Balaban J connectivity index is 1.59. The fourth-order valence-electron chi connectivity index (χ4n) is 2.59. The molecular formula is C23H17Cl2N3O4. The summed E-state index contributed by atoms with van der Waals surface area (Å²) < 4.78 is 5.33. The first kappa shape index (κ1) is 23.0. The van der Waals surface area contributed by atoms with Crippen molar-refractivity contribution >= 4 is 52.9 Å². The minimum absolute atomic E-state index is 0.237. The van der Waals surface area contributed by atoms with Crippen LogP contribution < -0.4 is 15.5 Å². The van der Waals surface area contributed by atoms with Crippen molar-refractivity contribution < 1.29 is 19.1 Å². The summed E-state index contributed by atoms with van der Waals surface area (Å²) in [4.78, 5) is 36.3. The smallest absolute Gasteiger partial charge is 0.345 e. The molecule has 32 heavy (non-hydrogen) atoms. The molecule has 2 N–H and O–H groups in total. The fourth-order valence-corrected chi connectivity index (χ4v) is 2.97. The van der Waals surface area contributed by atoms with Crippen LogP contribution in [0, 0.1) is 6.92 Å². The zero-order valence-corrected chi connectivity index (χ0v) is 18.3. The number of hydrazone groups is 1. The van der Waals surface area contributed by atoms with E-state index in [2.05, 4.69) is 15.8 Å². The van der Waals surface area contributed by atoms with Crippen LogP contribution in [0.2, 0.25) is 10.0 Å². The van der Waals surface area contributed by atoms with E-state index in [-0.39, 0.29) is 16.3 Å². The van der Waals surface area contributed by atoms with Crippen molar-refractivity contribution in [1.82, 2.24) is 5.43 Å². The van der Waals surface area contributed by atoms with Crippen LogP contribution in [0.25, 0.3) is 0 Å². The van der Waals surface area contributed by atoms with Crippen molar-refractivity contribution in [1.29, 1.82) is 0 Å². The number of esters is 1. The van der Waals surface area contributed by atoms with Crippen molar-refractivity contribution in [2.75, 3.05) is 5.32 Å². The normalized spacial score (nSPS) is 10.6. The molecule has 0 aromatic heterocycles. The second-order valence-corrected chi connectivity index (χ2v) is 7.32. The molecule has 3 aromatic carbocycles. The van der Waals surface area contributed by atoms with Gasteiger partial charge in [0, 0.05) is 10.7 Å².